The van der Waals surface area contributed by atoms with Crippen molar-refractivity contribution in [3.63, 3.8) is 0 Å². The molecule has 0 saturated carbocycles. The van der Waals surface area contributed by atoms with Gasteiger partial charge in [-0.2, -0.15) is 0 Å². The van der Waals surface area contributed by atoms with Gasteiger partial charge in [-0.1, -0.05) is 82.7 Å². The smallest absolute Gasteiger partial charge is 0.311 e. The Morgan fingerprint density at radius 1 is 0.839 bits per heavy atom. The van der Waals surface area contributed by atoms with Crippen LogP contribution in [-0.4, -0.2) is 23.0 Å². The first kappa shape index (κ1) is 27.4. The number of Topliss-reactive ketones (excluding diaryl/α,β-unsaturated/α-hetero) is 1. The fourth-order valence-electron chi connectivity index (χ4n) is 3.59. The molecule has 1 atom stereocenters. The van der Waals surface area contributed by atoms with Gasteiger partial charge in [-0.15, -0.1) is 0 Å². The lowest BCUT2D eigenvalue weighted by molar-refractivity contribution is -0.155. The minimum Gasteiger partial charge on any atom is -0.460 e. The summed E-state index contributed by atoms with van der Waals surface area (Å²) in [4.78, 5) is 23.9. The highest BCUT2D eigenvalue weighted by Crippen LogP contribution is 2.27. The maximum absolute atomic E-state index is 12.4. The molecule has 1 N–H and O–H groups in total. The molecule has 0 aliphatic rings. The second kappa shape index (κ2) is 13.7. The molecule has 0 heterocycles. The number of benzene rings is 1. The largest absolute Gasteiger partial charge is 0.460 e. The number of esters is 1. The summed E-state index contributed by atoms with van der Waals surface area (Å²) in [5.74, 6) is 0.101. The third kappa shape index (κ3) is 11.5. The van der Waals surface area contributed by atoms with Gasteiger partial charge in [0.15, 0.2) is 0 Å². The van der Waals surface area contributed by atoms with E-state index in [-0.39, 0.29) is 23.3 Å². The van der Waals surface area contributed by atoms with Gasteiger partial charge < -0.3 is 9.84 Å². The average Bonchev–Trinajstić information content (AvgIpc) is 2.71. The molecule has 0 spiro atoms. The highest BCUT2D eigenvalue weighted by molar-refractivity contribution is 5.81. The van der Waals surface area contributed by atoms with Crippen LogP contribution in [0.1, 0.15) is 104 Å². The minimum absolute atomic E-state index is 0.149. The van der Waals surface area contributed by atoms with Gasteiger partial charge in [0.25, 0.3) is 0 Å². The molecular formula is C27H44O4. The van der Waals surface area contributed by atoms with Crippen LogP contribution < -0.4 is 0 Å². The second-order valence-electron chi connectivity index (χ2n) is 10.2. The van der Waals surface area contributed by atoms with Crippen molar-refractivity contribution in [2.45, 2.75) is 112 Å². The van der Waals surface area contributed by atoms with Gasteiger partial charge in [0, 0.05) is 5.41 Å². The Hall–Kier alpha value is -1.68. The fourth-order valence-corrected chi connectivity index (χ4v) is 3.59. The highest BCUT2D eigenvalue weighted by atomic mass is 16.5. The van der Waals surface area contributed by atoms with E-state index < -0.39 is 5.41 Å². The van der Waals surface area contributed by atoms with E-state index in [1.54, 1.807) is 6.92 Å². The molecule has 0 fully saturated rings. The van der Waals surface area contributed by atoms with E-state index in [1.807, 2.05) is 58.0 Å². The van der Waals surface area contributed by atoms with E-state index in [4.69, 9.17) is 4.74 Å². The molecule has 176 valence electrons. The maximum atomic E-state index is 12.4. The monoisotopic (exact) mass is 432 g/mol. The Morgan fingerprint density at radius 3 is 1.87 bits per heavy atom. The number of ether oxygens (including phenoxy) is 1. The van der Waals surface area contributed by atoms with Gasteiger partial charge in [-0.3, -0.25) is 9.59 Å². The van der Waals surface area contributed by atoms with Crippen LogP contribution in [0.15, 0.2) is 30.3 Å². The van der Waals surface area contributed by atoms with Gasteiger partial charge in [0.2, 0.25) is 0 Å². The Morgan fingerprint density at radius 2 is 1.35 bits per heavy atom. The number of rotatable bonds is 16. The summed E-state index contributed by atoms with van der Waals surface area (Å²) in [6, 6.07) is 9.75. The number of unbranched alkanes of at least 4 members (excludes halogenated alkanes) is 4. The first-order valence-electron chi connectivity index (χ1n) is 11.9. The second-order valence-corrected chi connectivity index (χ2v) is 10.2. The summed E-state index contributed by atoms with van der Waals surface area (Å²) < 4.78 is 5.49. The molecule has 1 aromatic carbocycles. The van der Waals surface area contributed by atoms with Crippen LogP contribution in [0.4, 0.5) is 0 Å². The van der Waals surface area contributed by atoms with Crippen molar-refractivity contribution < 1.29 is 19.4 Å². The number of aliphatic hydroxyl groups excluding tert-OH is 1. The zero-order valence-electron chi connectivity index (χ0n) is 20.4. The number of hydrogen-bond acceptors (Lipinski definition) is 4. The molecule has 0 saturated heterocycles. The SMILES string of the molecule is CC(=O)C(C)(C)CCCCCC(O)CCCCCC(C)(C)C(=O)OCc1ccccc1. The van der Waals surface area contributed by atoms with Crippen molar-refractivity contribution in [3.8, 4) is 0 Å². The topological polar surface area (TPSA) is 63.6 Å². The number of carbonyl (C=O) groups excluding carboxylic acids is 2. The summed E-state index contributed by atoms with van der Waals surface area (Å²) >= 11 is 0. The predicted octanol–water partition coefficient (Wildman–Crippen LogP) is 6.63. The maximum Gasteiger partial charge on any atom is 0.311 e. The van der Waals surface area contributed by atoms with Crippen molar-refractivity contribution in [1.82, 2.24) is 0 Å². The van der Waals surface area contributed by atoms with E-state index in [2.05, 4.69) is 0 Å². The molecule has 0 amide bonds. The first-order chi connectivity index (χ1) is 14.5. The molecule has 0 radical (unpaired) electrons. The molecule has 0 aliphatic heterocycles. The van der Waals surface area contributed by atoms with Crippen LogP contribution in [-0.2, 0) is 20.9 Å². The standard InChI is InChI=1S/C27H44O4/c1-22(28)26(2,3)19-13-7-11-17-24(29)18-12-8-14-20-27(4,5)25(30)31-21-23-15-9-6-10-16-23/h6,9-10,15-16,24,29H,7-8,11-14,17-21H2,1-5H3. The molecule has 4 nitrogen and oxygen atoms in total. The van der Waals surface area contributed by atoms with Crippen molar-refractivity contribution in [2.75, 3.05) is 0 Å². The number of ketones is 1. The number of aliphatic hydroxyl groups is 1. The summed E-state index contributed by atoms with van der Waals surface area (Å²) in [6.07, 6.45) is 9.18. The zero-order chi connectivity index (χ0) is 23.3. The summed E-state index contributed by atoms with van der Waals surface area (Å²) in [5, 5.41) is 10.2. The van der Waals surface area contributed by atoms with Crippen LogP contribution in [0.2, 0.25) is 0 Å². The lowest BCUT2D eigenvalue weighted by Crippen LogP contribution is -2.26. The lowest BCUT2D eigenvalue weighted by atomic mass is 9.83. The van der Waals surface area contributed by atoms with Crippen LogP contribution in [0.5, 0.6) is 0 Å². The van der Waals surface area contributed by atoms with Gasteiger partial charge in [-0.25, -0.2) is 0 Å². The number of carbonyl (C=O) groups is 2. The minimum atomic E-state index is -0.485. The van der Waals surface area contributed by atoms with Crippen LogP contribution in [0.3, 0.4) is 0 Å². The van der Waals surface area contributed by atoms with Crippen molar-refractivity contribution in [1.29, 1.82) is 0 Å². The fraction of sp³-hybridized carbons (Fsp3) is 0.704. The molecular weight excluding hydrogens is 388 g/mol. The Labute approximate surface area is 189 Å². The third-order valence-electron chi connectivity index (χ3n) is 6.40. The molecule has 1 unspecified atom stereocenters. The lowest BCUT2D eigenvalue weighted by Gasteiger charge is -2.22. The molecule has 0 aliphatic carbocycles. The Bertz CT molecular complexity index is 648. The van der Waals surface area contributed by atoms with E-state index in [9.17, 15) is 14.7 Å². The highest BCUT2D eigenvalue weighted by Gasteiger charge is 2.28. The summed E-state index contributed by atoms with van der Waals surface area (Å²) in [7, 11) is 0. The molecule has 1 aromatic rings. The summed E-state index contributed by atoms with van der Waals surface area (Å²) in [5.41, 5.74) is 0.296. The molecule has 1 rings (SSSR count). The van der Waals surface area contributed by atoms with E-state index in [1.165, 1.54) is 0 Å². The number of hydrogen-bond donors (Lipinski definition) is 1. The predicted molar refractivity (Wildman–Crippen MR) is 127 cm³/mol. The molecule has 4 heteroatoms. The van der Waals surface area contributed by atoms with Gasteiger partial charge in [-0.05, 0) is 52.0 Å². The van der Waals surface area contributed by atoms with Gasteiger partial charge in [0.05, 0.1) is 11.5 Å². The van der Waals surface area contributed by atoms with Crippen molar-refractivity contribution in [3.05, 3.63) is 35.9 Å². The van der Waals surface area contributed by atoms with Crippen LogP contribution in [0.25, 0.3) is 0 Å². The Balaban J connectivity index is 2.10. The van der Waals surface area contributed by atoms with Crippen molar-refractivity contribution in [2.24, 2.45) is 10.8 Å². The van der Waals surface area contributed by atoms with E-state index in [0.717, 1.165) is 69.8 Å². The van der Waals surface area contributed by atoms with Gasteiger partial charge >= 0.3 is 5.97 Å². The quantitative estimate of drug-likeness (QED) is 0.235. The van der Waals surface area contributed by atoms with E-state index in [0.29, 0.717) is 6.61 Å². The van der Waals surface area contributed by atoms with E-state index >= 15 is 0 Å². The van der Waals surface area contributed by atoms with Crippen LogP contribution >= 0.6 is 0 Å². The molecule has 0 aromatic heterocycles. The zero-order valence-corrected chi connectivity index (χ0v) is 20.4. The normalized spacial score (nSPS) is 13.1. The third-order valence-corrected chi connectivity index (χ3v) is 6.40. The van der Waals surface area contributed by atoms with Gasteiger partial charge in [0.1, 0.15) is 12.4 Å². The molecule has 0 bridgehead atoms. The Kier molecular flexibility index (Phi) is 12.1. The molecule has 31 heavy (non-hydrogen) atoms. The van der Waals surface area contributed by atoms with Crippen molar-refractivity contribution >= 4 is 11.8 Å². The average molecular weight is 433 g/mol. The first-order valence-corrected chi connectivity index (χ1v) is 11.9. The summed E-state index contributed by atoms with van der Waals surface area (Å²) in [6.45, 7) is 9.90. The van der Waals surface area contributed by atoms with Crippen LogP contribution in [0, 0.1) is 10.8 Å².